The SMILES string of the molecule is NCCc1cn(Cc2nccs2)nn1. The topological polar surface area (TPSA) is 69.6 Å². The summed E-state index contributed by atoms with van der Waals surface area (Å²) < 4.78 is 1.78. The van der Waals surface area contributed by atoms with Crippen LogP contribution in [0.1, 0.15) is 10.7 Å². The first-order valence-electron chi connectivity index (χ1n) is 4.36. The van der Waals surface area contributed by atoms with E-state index in [0.717, 1.165) is 17.1 Å². The van der Waals surface area contributed by atoms with Gasteiger partial charge in [0.05, 0.1) is 12.2 Å². The molecule has 0 saturated heterocycles. The highest BCUT2D eigenvalue weighted by molar-refractivity contribution is 7.09. The minimum atomic E-state index is 0.607. The fourth-order valence-corrected chi connectivity index (χ4v) is 1.76. The summed E-state index contributed by atoms with van der Waals surface area (Å²) in [4.78, 5) is 4.17. The van der Waals surface area contributed by atoms with Gasteiger partial charge in [0.1, 0.15) is 5.01 Å². The Morgan fingerprint density at radius 3 is 3.14 bits per heavy atom. The Labute approximate surface area is 85.6 Å². The smallest absolute Gasteiger partial charge is 0.114 e. The van der Waals surface area contributed by atoms with Crippen LogP contribution in [0, 0.1) is 0 Å². The van der Waals surface area contributed by atoms with Crippen molar-refractivity contribution in [1.29, 1.82) is 0 Å². The Hall–Kier alpha value is -1.27. The zero-order valence-corrected chi connectivity index (χ0v) is 8.44. The monoisotopic (exact) mass is 209 g/mol. The molecule has 2 rings (SSSR count). The van der Waals surface area contributed by atoms with Gasteiger partial charge in [-0.05, 0) is 6.54 Å². The van der Waals surface area contributed by atoms with E-state index in [9.17, 15) is 0 Å². The summed E-state index contributed by atoms with van der Waals surface area (Å²) in [7, 11) is 0. The van der Waals surface area contributed by atoms with Gasteiger partial charge < -0.3 is 5.73 Å². The van der Waals surface area contributed by atoms with E-state index in [1.807, 2.05) is 11.6 Å². The van der Waals surface area contributed by atoms with Crippen LogP contribution in [0.25, 0.3) is 0 Å². The quantitative estimate of drug-likeness (QED) is 0.785. The second-order valence-corrected chi connectivity index (χ2v) is 3.85. The van der Waals surface area contributed by atoms with Crippen molar-refractivity contribution < 1.29 is 0 Å². The number of thiazole rings is 1. The molecular weight excluding hydrogens is 198 g/mol. The standard InChI is InChI=1S/C8H11N5S/c9-2-1-7-5-13(12-11-7)6-8-10-3-4-14-8/h3-5H,1-2,6,9H2. The van der Waals surface area contributed by atoms with Crippen LogP contribution in [0.3, 0.4) is 0 Å². The predicted octanol–water partition coefficient (Wildman–Crippen LogP) is 0.284. The van der Waals surface area contributed by atoms with Gasteiger partial charge >= 0.3 is 0 Å². The average Bonchev–Trinajstić information content (AvgIpc) is 2.79. The van der Waals surface area contributed by atoms with E-state index in [0.29, 0.717) is 13.1 Å². The van der Waals surface area contributed by atoms with Gasteiger partial charge in [-0.2, -0.15) is 0 Å². The third-order valence-corrected chi connectivity index (χ3v) is 2.53. The van der Waals surface area contributed by atoms with Crippen LogP contribution >= 0.6 is 11.3 Å². The maximum absolute atomic E-state index is 5.42. The van der Waals surface area contributed by atoms with Gasteiger partial charge in [-0.25, -0.2) is 9.67 Å². The molecule has 14 heavy (non-hydrogen) atoms. The van der Waals surface area contributed by atoms with Crippen molar-refractivity contribution in [3.63, 3.8) is 0 Å². The van der Waals surface area contributed by atoms with E-state index in [2.05, 4.69) is 15.3 Å². The van der Waals surface area contributed by atoms with Crippen molar-refractivity contribution in [2.24, 2.45) is 5.73 Å². The third kappa shape index (κ3) is 2.15. The van der Waals surface area contributed by atoms with Gasteiger partial charge in [-0.1, -0.05) is 5.21 Å². The van der Waals surface area contributed by atoms with Crippen LogP contribution in [0.5, 0.6) is 0 Å². The zero-order chi connectivity index (χ0) is 9.80. The summed E-state index contributed by atoms with van der Waals surface area (Å²) in [6, 6.07) is 0. The molecule has 74 valence electrons. The van der Waals surface area contributed by atoms with Crippen molar-refractivity contribution in [1.82, 2.24) is 20.0 Å². The van der Waals surface area contributed by atoms with Gasteiger partial charge in [0.2, 0.25) is 0 Å². The third-order valence-electron chi connectivity index (χ3n) is 1.77. The first-order valence-corrected chi connectivity index (χ1v) is 5.24. The first-order chi connectivity index (χ1) is 6.88. The summed E-state index contributed by atoms with van der Waals surface area (Å²) in [6.07, 6.45) is 4.48. The molecule has 0 aromatic carbocycles. The molecule has 0 aliphatic heterocycles. The molecule has 0 bridgehead atoms. The van der Waals surface area contributed by atoms with Crippen LogP contribution in [-0.2, 0) is 13.0 Å². The number of hydrogen-bond donors (Lipinski definition) is 1. The fourth-order valence-electron chi connectivity index (χ4n) is 1.15. The van der Waals surface area contributed by atoms with Crippen LogP contribution < -0.4 is 5.73 Å². The molecule has 0 fully saturated rings. The second-order valence-electron chi connectivity index (χ2n) is 2.87. The normalized spacial score (nSPS) is 10.6. The minimum absolute atomic E-state index is 0.607. The van der Waals surface area contributed by atoms with Crippen LogP contribution in [0.15, 0.2) is 17.8 Å². The lowest BCUT2D eigenvalue weighted by Crippen LogP contribution is -2.02. The highest BCUT2D eigenvalue weighted by Crippen LogP contribution is 2.05. The molecule has 0 radical (unpaired) electrons. The summed E-state index contributed by atoms with van der Waals surface area (Å²) in [5.74, 6) is 0. The molecule has 0 aliphatic carbocycles. The van der Waals surface area contributed by atoms with Crippen molar-refractivity contribution in [2.45, 2.75) is 13.0 Å². The number of aromatic nitrogens is 4. The Morgan fingerprint density at radius 1 is 1.50 bits per heavy atom. The molecule has 0 saturated carbocycles. The maximum Gasteiger partial charge on any atom is 0.114 e. The van der Waals surface area contributed by atoms with E-state index in [1.165, 1.54) is 0 Å². The van der Waals surface area contributed by atoms with Crippen molar-refractivity contribution in [3.8, 4) is 0 Å². The van der Waals surface area contributed by atoms with Gasteiger partial charge in [0, 0.05) is 24.2 Å². The van der Waals surface area contributed by atoms with Gasteiger partial charge in [-0.15, -0.1) is 16.4 Å². The average molecular weight is 209 g/mol. The van der Waals surface area contributed by atoms with Crippen molar-refractivity contribution in [2.75, 3.05) is 6.54 Å². The fraction of sp³-hybridized carbons (Fsp3) is 0.375. The lowest BCUT2D eigenvalue weighted by Gasteiger charge is -1.93. The van der Waals surface area contributed by atoms with Crippen LogP contribution in [0.2, 0.25) is 0 Å². The number of nitrogens with two attached hydrogens (primary N) is 1. The number of nitrogens with zero attached hydrogens (tertiary/aromatic N) is 4. The lowest BCUT2D eigenvalue weighted by molar-refractivity contribution is 0.646. The first kappa shape index (κ1) is 9.29. The Bertz CT molecular complexity index is 380. The van der Waals surface area contributed by atoms with E-state index >= 15 is 0 Å². The maximum atomic E-state index is 5.42. The lowest BCUT2D eigenvalue weighted by atomic mass is 10.3. The van der Waals surface area contributed by atoms with E-state index in [-0.39, 0.29) is 0 Å². The van der Waals surface area contributed by atoms with E-state index < -0.39 is 0 Å². The molecule has 2 N–H and O–H groups in total. The van der Waals surface area contributed by atoms with Gasteiger partial charge in [0.25, 0.3) is 0 Å². The van der Waals surface area contributed by atoms with Crippen molar-refractivity contribution >= 4 is 11.3 Å². The molecular formula is C8H11N5S. The molecule has 2 heterocycles. The minimum Gasteiger partial charge on any atom is -0.330 e. The summed E-state index contributed by atoms with van der Waals surface area (Å²) >= 11 is 1.62. The second kappa shape index (κ2) is 4.30. The Kier molecular flexibility index (Phi) is 2.85. The van der Waals surface area contributed by atoms with Crippen LogP contribution in [-0.4, -0.2) is 26.5 Å². The molecule has 0 aliphatic rings. The van der Waals surface area contributed by atoms with Gasteiger partial charge in [-0.3, -0.25) is 0 Å². The molecule has 0 spiro atoms. The molecule has 5 nitrogen and oxygen atoms in total. The highest BCUT2D eigenvalue weighted by Gasteiger charge is 2.01. The van der Waals surface area contributed by atoms with Crippen molar-refractivity contribution in [3.05, 3.63) is 28.5 Å². The molecule has 0 unspecified atom stereocenters. The van der Waals surface area contributed by atoms with Gasteiger partial charge in [0.15, 0.2) is 0 Å². The molecule has 2 aromatic heterocycles. The number of hydrogen-bond acceptors (Lipinski definition) is 5. The summed E-state index contributed by atoms with van der Waals surface area (Å²) in [5.41, 5.74) is 6.35. The number of rotatable bonds is 4. The molecule has 6 heteroatoms. The summed E-state index contributed by atoms with van der Waals surface area (Å²) in [6.45, 7) is 1.30. The predicted molar refractivity (Wildman–Crippen MR) is 54.0 cm³/mol. The van der Waals surface area contributed by atoms with E-state index in [1.54, 1.807) is 22.2 Å². The summed E-state index contributed by atoms with van der Waals surface area (Å²) in [5, 5.41) is 11.0. The zero-order valence-electron chi connectivity index (χ0n) is 7.63. The van der Waals surface area contributed by atoms with E-state index in [4.69, 9.17) is 5.73 Å². The Morgan fingerprint density at radius 2 is 2.43 bits per heavy atom. The van der Waals surface area contributed by atoms with Crippen LogP contribution in [0.4, 0.5) is 0 Å². The molecule has 0 atom stereocenters. The largest absolute Gasteiger partial charge is 0.330 e. The molecule has 2 aromatic rings. The molecule has 0 amide bonds. The highest BCUT2D eigenvalue weighted by atomic mass is 32.1. The Balaban J connectivity index is 2.03.